The standard InChI is InChI=1S/C22H26N2O5S/c1-30(26,27)19-8-4-5-17(12-19)23-22(25)14-24(18-6-2-3-7-18)13-16-9-10-20-21(11-16)29-15-28-20/h4-5,8-12,18H,2-3,6-7,13-15H2,1H3,(H,23,25). The maximum atomic E-state index is 12.8. The molecule has 2 aromatic rings. The molecule has 0 spiro atoms. The highest BCUT2D eigenvalue weighted by Gasteiger charge is 2.25. The molecular weight excluding hydrogens is 404 g/mol. The molecule has 160 valence electrons. The van der Waals surface area contributed by atoms with Crippen molar-refractivity contribution in [1.29, 1.82) is 0 Å². The van der Waals surface area contributed by atoms with E-state index >= 15 is 0 Å². The zero-order valence-electron chi connectivity index (χ0n) is 17.0. The van der Waals surface area contributed by atoms with Crippen molar-refractivity contribution in [3.8, 4) is 11.5 Å². The third-order valence-corrected chi connectivity index (χ3v) is 6.67. The van der Waals surface area contributed by atoms with Crippen molar-refractivity contribution in [3.63, 3.8) is 0 Å². The molecule has 0 saturated heterocycles. The predicted octanol–water partition coefficient (Wildman–Crippen LogP) is 3.20. The summed E-state index contributed by atoms with van der Waals surface area (Å²) in [6.45, 7) is 1.11. The lowest BCUT2D eigenvalue weighted by Gasteiger charge is -2.28. The largest absolute Gasteiger partial charge is 0.454 e. The molecule has 0 radical (unpaired) electrons. The summed E-state index contributed by atoms with van der Waals surface area (Å²) in [7, 11) is -3.33. The maximum Gasteiger partial charge on any atom is 0.238 e. The van der Waals surface area contributed by atoms with Crippen LogP contribution in [-0.2, 0) is 21.2 Å². The molecule has 8 heteroatoms. The van der Waals surface area contributed by atoms with Gasteiger partial charge in [-0.1, -0.05) is 25.0 Å². The zero-order valence-corrected chi connectivity index (χ0v) is 17.8. The van der Waals surface area contributed by atoms with E-state index in [0.717, 1.165) is 36.2 Å². The summed E-state index contributed by atoms with van der Waals surface area (Å²) >= 11 is 0. The molecule has 0 atom stereocenters. The van der Waals surface area contributed by atoms with Gasteiger partial charge in [0.25, 0.3) is 0 Å². The third kappa shape index (κ3) is 4.94. The van der Waals surface area contributed by atoms with E-state index in [1.165, 1.54) is 25.0 Å². The predicted molar refractivity (Wildman–Crippen MR) is 113 cm³/mol. The van der Waals surface area contributed by atoms with Crippen LogP contribution in [0.4, 0.5) is 5.69 Å². The summed E-state index contributed by atoms with van der Waals surface area (Å²) in [6.07, 6.45) is 5.63. The molecule has 1 aliphatic carbocycles. The fourth-order valence-corrected chi connectivity index (χ4v) is 4.71. The Balaban J connectivity index is 1.46. The topological polar surface area (TPSA) is 84.9 Å². The number of benzene rings is 2. The first-order valence-electron chi connectivity index (χ1n) is 10.1. The molecule has 0 unspecified atom stereocenters. The lowest BCUT2D eigenvalue weighted by molar-refractivity contribution is -0.118. The van der Waals surface area contributed by atoms with Gasteiger partial charge in [-0.2, -0.15) is 0 Å². The lowest BCUT2D eigenvalue weighted by Crippen LogP contribution is -2.39. The van der Waals surface area contributed by atoms with Crippen molar-refractivity contribution in [2.24, 2.45) is 0 Å². The van der Waals surface area contributed by atoms with Gasteiger partial charge in [-0.15, -0.1) is 0 Å². The number of nitrogens with zero attached hydrogens (tertiary/aromatic N) is 1. The normalized spacial score (nSPS) is 16.2. The van der Waals surface area contributed by atoms with Crippen LogP contribution in [0.2, 0.25) is 0 Å². The van der Waals surface area contributed by atoms with Gasteiger partial charge in [0.1, 0.15) is 0 Å². The number of fused-ring (bicyclic) bond motifs is 1. The Labute approximate surface area is 176 Å². The van der Waals surface area contributed by atoms with E-state index in [2.05, 4.69) is 10.2 Å². The van der Waals surface area contributed by atoms with Crippen LogP contribution in [0.15, 0.2) is 47.4 Å². The van der Waals surface area contributed by atoms with E-state index < -0.39 is 9.84 Å². The van der Waals surface area contributed by atoms with Crippen LogP contribution in [0.5, 0.6) is 11.5 Å². The summed E-state index contributed by atoms with van der Waals surface area (Å²) in [4.78, 5) is 15.2. The monoisotopic (exact) mass is 430 g/mol. The van der Waals surface area contributed by atoms with Crippen LogP contribution in [0.1, 0.15) is 31.2 Å². The van der Waals surface area contributed by atoms with E-state index in [9.17, 15) is 13.2 Å². The number of rotatable bonds is 7. The summed E-state index contributed by atoms with van der Waals surface area (Å²) < 4.78 is 34.4. The first kappa shape index (κ1) is 20.7. The number of anilines is 1. The number of ether oxygens (including phenoxy) is 2. The van der Waals surface area contributed by atoms with Crippen LogP contribution in [0, 0.1) is 0 Å². The fourth-order valence-electron chi connectivity index (χ4n) is 4.05. The van der Waals surface area contributed by atoms with E-state index in [-0.39, 0.29) is 24.1 Å². The fraction of sp³-hybridized carbons (Fsp3) is 0.409. The van der Waals surface area contributed by atoms with Gasteiger partial charge in [0.05, 0.1) is 11.4 Å². The minimum absolute atomic E-state index is 0.159. The second-order valence-corrected chi connectivity index (χ2v) is 9.89. The molecule has 4 rings (SSSR count). The van der Waals surface area contributed by atoms with E-state index in [4.69, 9.17) is 9.47 Å². The van der Waals surface area contributed by atoms with Crippen LogP contribution < -0.4 is 14.8 Å². The maximum absolute atomic E-state index is 12.8. The average molecular weight is 431 g/mol. The van der Waals surface area contributed by atoms with Crippen LogP contribution in [0.25, 0.3) is 0 Å². The Kier molecular flexibility index (Phi) is 5.97. The zero-order chi connectivity index (χ0) is 21.1. The van der Waals surface area contributed by atoms with Gasteiger partial charge in [-0.05, 0) is 48.7 Å². The summed E-state index contributed by atoms with van der Waals surface area (Å²) in [5, 5.41) is 2.85. The molecule has 0 bridgehead atoms. The van der Waals surface area contributed by atoms with Crippen LogP contribution >= 0.6 is 0 Å². The molecule has 1 heterocycles. The van der Waals surface area contributed by atoms with Crippen molar-refractivity contribution in [3.05, 3.63) is 48.0 Å². The lowest BCUT2D eigenvalue weighted by atomic mass is 10.1. The smallest absolute Gasteiger partial charge is 0.238 e. The second kappa shape index (κ2) is 8.65. The second-order valence-electron chi connectivity index (χ2n) is 7.88. The van der Waals surface area contributed by atoms with Crippen molar-refractivity contribution in [1.82, 2.24) is 4.90 Å². The quantitative estimate of drug-likeness (QED) is 0.726. The highest BCUT2D eigenvalue weighted by molar-refractivity contribution is 7.90. The Hall–Kier alpha value is -2.58. The minimum Gasteiger partial charge on any atom is -0.454 e. The number of amides is 1. The molecule has 1 aliphatic heterocycles. The summed E-state index contributed by atoms with van der Waals surface area (Å²) in [5.74, 6) is 1.32. The third-order valence-electron chi connectivity index (χ3n) is 5.56. The highest BCUT2D eigenvalue weighted by Crippen LogP contribution is 2.33. The number of nitrogens with one attached hydrogen (secondary N) is 1. The van der Waals surface area contributed by atoms with Gasteiger partial charge < -0.3 is 14.8 Å². The molecule has 7 nitrogen and oxygen atoms in total. The van der Waals surface area contributed by atoms with Gasteiger partial charge in [0, 0.05) is 24.5 Å². The van der Waals surface area contributed by atoms with Gasteiger partial charge in [-0.3, -0.25) is 9.69 Å². The average Bonchev–Trinajstić information content (AvgIpc) is 3.38. The molecule has 1 amide bonds. The van der Waals surface area contributed by atoms with Crippen molar-refractivity contribution < 1.29 is 22.7 Å². The van der Waals surface area contributed by atoms with Crippen LogP contribution in [-0.4, -0.2) is 44.9 Å². The summed E-state index contributed by atoms with van der Waals surface area (Å²) in [6, 6.07) is 12.6. The van der Waals surface area contributed by atoms with E-state index in [0.29, 0.717) is 18.3 Å². The van der Waals surface area contributed by atoms with Gasteiger partial charge in [0.2, 0.25) is 12.7 Å². The van der Waals surface area contributed by atoms with Gasteiger partial charge in [0.15, 0.2) is 21.3 Å². The Morgan fingerprint density at radius 3 is 2.63 bits per heavy atom. The number of sulfone groups is 1. The minimum atomic E-state index is -3.33. The van der Waals surface area contributed by atoms with Gasteiger partial charge in [-0.25, -0.2) is 8.42 Å². The number of hydrogen-bond acceptors (Lipinski definition) is 6. The molecule has 0 aromatic heterocycles. The van der Waals surface area contributed by atoms with Crippen molar-refractivity contribution in [2.45, 2.75) is 43.2 Å². The first-order chi connectivity index (χ1) is 14.4. The highest BCUT2D eigenvalue weighted by atomic mass is 32.2. The van der Waals surface area contributed by atoms with Crippen molar-refractivity contribution >= 4 is 21.4 Å². The Morgan fingerprint density at radius 2 is 1.87 bits per heavy atom. The first-order valence-corrected chi connectivity index (χ1v) is 12.0. The molecule has 30 heavy (non-hydrogen) atoms. The molecular formula is C22H26N2O5S. The molecule has 2 aliphatic rings. The molecule has 2 aromatic carbocycles. The number of carbonyl (C=O) groups excluding carboxylic acids is 1. The molecule has 1 fully saturated rings. The molecule has 1 N–H and O–H groups in total. The summed E-state index contributed by atoms with van der Waals surface area (Å²) in [5.41, 5.74) is 1.55. The Bertz CT molecular complexity index is 1030. The molecule has 1 saturated carbocycles. The van der Waals surface area contributed by atoms with E-state index in [1.54, 1.807) is 12.1 Å². The van der Waals surface area contributed by atoms with E-state index in [1.807, 2.05) is 18.2 Å². The van der Waals surface area contributed by atoms with Crippen LogP contribution in [0.3, 0.4) is 0 Å². The number of hydrogen-bond donors (Lipinski definition) is 1. The Morgan fingerprint density at radius 1 is 1.10 bits per heavy atom. The number of carbonyl (C=O) groups is 1. The van der Waals surface area contributed by atoms with Gasteiger partial charge >= 0.3 is 0 Å². The van der Waals surface area contributed by atoms with Crippen molar-refractivity contribution in [2.75, 3.05) is 24.9 Å². The SMILES string of the molecule is CS(=O)(=O)c1cccc(NC(=O)CN(Cc2ccc3c(c2)OCO3)C2CCCC2)c1.